The lowest BCUT2D eigenvalue weighted by Crippen LogP contribution is -2.02. The van der Waals surface area contributed by atoms with Gasteiger partial charge in [0.15, 0.2) is 10.4 Å². The van der Waals surface area contributed by atoms with Gasteiger partial charge in [-0.15, -0.1) is 0 Å². The van der Waals surface area contributed by atoms with Crippen molar-refractivity contribution >= 4 is 40.5 Å². The topological polar surface area (TPSA) is 38.1 Å². The van der Waals surface area contributed by atoms with Crippen molar-refractivity contribution in [2.45, 2.75) is 13.5 Å². The Morgan fingerprint density at radius 2 is 2.06 bits per heavy atom. The third-order valence-electron chi connectivity index (χ3n) is 2.21. The minimum absolute atomic E-state index is 0.340. The number of halogens is 3. The minimum Gasteiger partial charge on any atom is -0.448 e. The van der Waals surface area contributed by atoms with Gasteiger partial charge in [0.1, 0.15) is 10.9 Å². The van der Waals surface area contributed by atoms with Crippen LogP contribution in [-0.4, -0.2) is 4.98 Å². The molecule has 0 aromatic carbocycles. The monoisotopic (exact) mass is 290 g/mol. The second-order valence-corrected chi connectivity index (χ2v) is 4.60. The molecular weight excluding hydrogens is 282 g/mol. The van der Waals surface area contributed by atoms with Gasteiger partial charge in [-0.1, -0.05) is 23.2 Å². The fraction of sp³-hybridized carbons (Fsp3) is 0.182. The fourth-order valence-electron chi connectivity index (χ4n) is 1.43. The predicted octanol–water partition coefficient (Wildman–Crippen LogP) is 4.56. The molecule has 2 aromatic rings. The maximum absolute atomic E-state index is 5.99. The van der Waals surface area contributed by atoms with Crippen LogP contribution < -0.4 is 5.32 Å². The van der Waals surface area contributed by atoms with E-state index in [4.69, 9.17) is 39.2 Å². The Bertz CT molecular complexity index is 516. The number of furan rings is 1. The lowest BCUT2D eigenvalue weighted by Gasteiger charge is -2.09. The lowest BCUT2D eigenvalue weighted by molar-refractivity contribution is 0.520. The van der Waals surface area contributed by atoms with Crippen LogP contribution in [0.15, 0.2) is 22.6 Å². The van der Waals surface area contributed by atoms with Crippen molar-refractivity contribution in [1.29, 1.82) is 0 Å². The lowest BCUT2D eigenvalue weighted by atomic mass is 10.2. The van der Waals surface area contributed by atoms with Gasteiger partial charge < -0.3 is 9.73 Å². The normalized spacial score (nSPS) is 10.6. The zero-order chi connectivity index (χ0) is 12.4. The SMILES string of the molecule is Cc1cc(Cl)nc(Cl)c1NCc1ccc(Cl)o1. The van der Waals surface area contributed by atoms with Gasteiger partial charge in [-0.05, 0) is 42.3 Å². The molecule has 1 N–H and O–H groups in total. The van der Waals surface area contributed by atoms with Crippen LogP contribution in [0.1, 0.15) is 11.3 Å². The van der Waals surface area contributed by atoms with Crippen LogP contribution in [0.2, 0.25) is 15.5 Å². The van der Waals surface area contributed by atoms with Crippen molar-refractivity contribution in [1.82, 2.24) is 4.98 Å². The molecule has 0 saturated carbocycles. The molecule has 0 spiro atoms. The second-order valence-electron chi connectivity index (χ2n) is 3.49. The van der Waals surface area contributed by atoms with Gasteiger partial charge in [0.05, 0.1) is 12.2 Å². The summed E-state index contributed by atoms with van der Waals surface area (Å²) < 4.78 is 5.22. The Labute approximate surface area is 114 Å². The quantitative estimate of drug-likeness (QED) is 0.843. The molecule has 0 fully saturated rings. The zero-order valence-corrected chi connectivity index (χ0v) is 11.2. The van der Waals surface area contributed by atoms with Gasteiger partial charge in [-0.25, -0.2) is 4.98 Å². The Hall–Kier alpha value is -0.900. The molecule has 90 valence electrons. The number of hydrogen-bond acceptors (Lipinski definition) is 3. The van der Waals surface area contributed by atoms with Crippen LogP contribution in [0.4, 0.5) is 5.69 Å². The molecule has 2 rings (SSSR count). The molecule has 0 atom stereocenters. The van der Waals surface area contributed by atoms with Crippen LogP contribution in [0.3, 0.4) is 0 Å². The molecule has 2 heterocycles. The number of nitrogens with zero attached hydrogens (tertiary/aromatic N) is 1. The van der Waals surface area contributed by atoms with Crippen molar-refractivity contribution in [3.63, 3.8) is 0 Å². The highest BCUT2D eigenvalue weighted by atomic mass is 35.5. The molecule has 0 unspecified atom stereocenters. The van der Waals surface area contributed by atoms with Gasteiger partial charge in [-0.3, -0.25) is 0 Å². The zero-order valence-electron chi connectivity index (χ0n) is 8.93. The molecule has 0 aliphatic heterocycles. The maximum Gasteiger partial charge on any atom is 0.193 e. The number of aromatic nitrogens is 1. The first-order valence-corrected chi connectivity index (χ1v) is 6.00. The van der Waals surface area contributed by atoms with Crippen molar-refractivity contribution in [2.75, 3.05) is 5.32 Å². The van der Waals surface area contributed by atoms with Gasteiger partial charge in [0, 0.05) is 0 Å². The molecule has 0 aliphatic carbocycles. The van der Waals surface area contributed by atoms with Gasteiger partial charge in [0.25, 0.3) is 0 Å². The van der Waals surface area contributed by atoms with Crippen molar-refractivity contribution < 1.29 is 4.42 Å². The highest BCUT2D eigenvalue weighted by Crippen LogP contribution is 2.27. The molecule has 17 heavy (non-hydrogen) atoms. The van der Waals surface area contributed by atoms with E-state index in [1.807, 2.05) is 6.92 Å². The van der Waals surface area contributed by atoms with E-state index in [9.17, 15) is 0 Å². The number of pyridine rings is 1. The molecule has 0 aliphatic rings. The van der Waals surface area contributed by atoms with E-state index in [0.29, 0.717) is 22.1 Å². The highest BCUT2D eigenvalue weighted by molar-refractivity contribution is 6.34. The molecule has 3 nitrogen and oxygen atoms in total. The summed E-state index contributed by atoms with van der Waals surface area (Å²) in [7, 11) is 0. The molecular formula is C11H9Cl3N2O. The maximum atomic E-state index is 5.99. The molecule has 6 heteroatoms. The van der Waals surface area contributed by atoms with E-state index in [0.717, 1.165) is 17.0 Å². The Morgan fingerprint density at radius 1 is 1.29 bits per heavy atom. The molecule has 2 aromatic heterocycles. The molecule has 0 saturated heterocycles. The highest BCUT2D eigenvalue weighted by Gasteiger charge is 2.08. The van der Waals surface area contributed by atoms with Crippen LogP contribution in [0.25, 0.3) is 0 Å². The number of hydrogen-bond donors (Lipinski definition) is 1. The van der Waals surface area contributed by atoms with Crippen LogP contribution in [0, 0.1) is 6.92 Å². The number of anilines is 1. The minimum atomic E-state index is 0.340. The molecule has 0 amide bonds. The van der Waals surface area contributed by atoms with Crippen LogP contribution in [-0.2, 0) is 6.54 Å². The average molecular weight is 292 g/mol. The average Bonchev–Trinajstić information content (AvgIpc) is 2.62. The molecule has 0 bridgehead atoms. The summed E-state index contributed by atoms with van der Waals surface area (Å²) in [4.78, 5) is 3.96. The fourth-order valence-corrected chi connectivity index (χ4v) is 2.19. The van der Waals surface area contributed by atoms with E-state index in [1.54, 1.807) is 18.2 Å². The third kappa shape index (κ3) is 3.06. The number of aryl methyl sites for hydroxylation is 1. The van der Waals surface area contributed by atoms with Crippen molar-refractivity contribution in [3.8, 4) is 0 Å². The van der Waals surface area contributed by atoms with E-state index in [1.165, 1.54) is 0 Å². The number of nitrogens with one attached hydrogen (secondary N) is 1. The Kier molecular flexibility index (Phi) is 3.82. The Balaban J connectivity index is 2.14. The first-order chi connectivity index (χ1) is 8.06. The summed E-state index contributed by atoms with van der Waals surface area (Å²) in [5.74, 6) is 0.723. The third-order valence-corrected chi connectivity index (χ3v) is 2.88. The van der Waals surface area contributed by atoms with Crippen LogP contribution in [0.5, 0.6) is 0 Å². The van der Waals surface area contributed by atoms with Gasteiger partial charge in [-0.2, -0.15) is 0 Å². The first kappa shape index (κ1) is 12.6. The number of rotatable bonds is 3. The van der Waals surface area contributed by atoms with Gasteiger partial charge in [0.2, 0.25) is 0 Å². The summed E-state index contributed by atoms with van der Waals surface area (Å²) in [6, 6.07) is 5.22. The van der Waals surface area contributed by atoms with Crippen molar-refractivity contribution in [3.05, 3.63) is 45.0 Å². The summed E-state index contributed by atoms with van der Waals surface area (Å²) in [6.45, 7) is 2.38. The van der Waals surface area contributed by atoms with E-state index in [-0.39, 0.29) is 0 Å². The van der Waals surface area contributed by atoms with Crippen molar-refractivity contribution in [2.24, 2.45) is 0 Å². The smallest absolute Gasteiger partial charge is 0.193 e. The van der Waals surface area contributed by atoms with E-state index in [2.05, 4.69) is 10.3 Å². The summed E-state index contributed by atoms with van der Waals surface area (Å²) >= 11 is 17.5. The summed E-state index contributed by atoms with van der Waals surface area (Å²) in [5, 5.41) is 4.21. The van der Waals surface area contributed by atoms with Gasteiger partial charge >= 0.3 is 0 Å². The first-order valence-electron chi connectivity index (χ1n) is 4.87. The molecule has 0 radical (unpaired) electrons. The largest absolute Gasteiger partial charge is 0.448 e. The summed E-state index contributed by atoms with van der Waals surface area (Å²) in [5.41, 5.74) is 1.66. The standard InChI is InChI=1S/C11H9Cl3N2O/c1-6-4-8(12)16-11(14)10(6)15-5-7-2-3-9(13)17-7/h2-4,15H,5H2,1H3. The van der Waals surface area contributed by atoms with E-state index < -0.39 is 0 Å². The summed E-state index contributed by atoms with van der Waals surface area (Å²) in [6.07, 6.45) is 0. The van der Waals surface area contributed by atoms with Crippen LogP contribution >= 0.6 is 34.8 Å². The predicted molar refractivity (Wildman–Crippen MR) is 70.0 cm³/mol. The van der Waals surface area contributed by atoms with E-state index >= 15 is 0 Å². The Morgan fingerprint density at radius 3 is 2.65 bits per heavy atom. The second kappa shape index (κ2) is 5.17.